The third-order valence-corrected chi connectivity index (χ3v) is 4.40. The van der Waals surface area contributed by atoms with Gasteiger partial charge >= 0.3 is 0 Å². The lowest BCUT2D eigenvalue weighted by Crippen LogP contribution is -2.26. The van der Waals surface area contributed by atoms with Crippen molar-refractivity contribution in [3.05, 3.63) is 42.0 Å². The molecule has 0 bridgehead atoms. The molecule has 21 heavy (non-hydrogen) atoms. The predicted molar refractivity (Wildman–Crippen MR) is 78.8 cm³/mol. The van der Waals surface area contributed by atoms with Gasteiger partial charge in [0, 0.05) is 6.54 Å². The Morgan fingerprint density at radius 1 is 1.24 bits per heavy atom. The molecule has 7 nitrogen and oxygen atoms in total. The van der Waals surface area contributed by atoms with Gasteiger partial charge in [0.1, 0.15) is 12.2 Å². The van der Waals surface area contributed by atoms with Gasteiger partial charge in [-0.3, -0.25) is 5.10 Å². The second-order valence-corrected chi connectivity index (χ2v) is 6.28. The van der Waals surface area contributed by atoms with E-state index in [1.165, 1.54) is 6.33 Å². The van der Waals surface area contributed by atoms with E-state index in [1.54, 1.807) is 12.1 Å². The van der Waals surface area contributed by atoms with Crippen LogP contribution in [0.5, 0.6) is 0 Å². The van der Waals surface area contributed by atoms with Crippen molar-refractivity contribution in [2.24, 2.45) is 0 Å². The van der Waals surface area contributed by atoms with Gasteiger partial charge in [-0.05, 0) is 24.6 Å². The number of rotatable bonds is 8. The van der Waals surface area contributed by atoms with Crippen LogP contribution in [0, 0.1) is 0 Å². The average Bonchev–Trinajstić information content (AvgIpc) is 2.99. The number of hydrogen-bond acceptors (Lipinski definition) is 5. The van der Waals surface area contributed by atoms with Crippen LogP contribution in [0.4, 0.5) is 0 Å². The SMILES string of the molecule is CCCNCc1ccccc1S(=O)(=O)NCc1ncn[nH]1. The first-order valence-corrected chi connectivity index (χ1v) is 8.24. The second kappa shape index (κ2) is 7.30. The highest BCUT2D eigenvalue weighted by atomic mass is 32.2. The quantitative estimate of drug-likeness (QED) is 0.626. The van der Waals surface area contributed by atoms with Gasteiger partial charge in [-0.15, -0.1) is 0 Å². The van der Waals surface area contributed by atoms with E-state index in [-0.39, 0.29) is 11.4 Å². The van der Waals surface area contributed by atoms with Gasteiger partial charge in [-0.1, -0.05) is 25.1 Å². The molecule has 0 saturated carbocycles. The Hall–Kier alpha value is -1.77. The molecule has 0 fully saturated rings. The fourth-order valence-corrected chi connectivity index (χ4v) is 3.09. The molecule has 0 radical (unpaired) electrons. The summed E-state index contributed by atoms with van der Waals surface area (Å²) in [6, 6.07) is 6.96. The highest BCUT2D eigenvalue weighted by Crippen LogP contribution is 2.15. The molecule has 0 aliphatic heterocycles. The van der Waals surface area contributed by atoms with Crippen LogP contribution in [0.1, 0.15) is 24.7 Å². The molecule has 3 N–H and O–H groups in total. The fraction of sp³-hybridized carbons (Fsp3) is 0.385. The standard InChI is InChI=1S/C13H19N5O2S/c1-2-7-14-8-11-5-3-4-6-12(11)21(19,20)17-9-13-15-10-16-18-13/h3-6,10,14,17H,2,7-9H2,1H3,(H,15,16,18). The number of benzene rings is 1. The first-order chi connectivity index (χ1) is 10.1. The number of nitrogens with one attached hydrogen (secondary N) is 3. The van der Waals surface area contributed by atoms with Crippen LogP contribution in [0.3, 0.4) is 0 Å². The summed E-state index contributed by atoms with van der Waals surface area (Å²) in [7, 11) is -3.58. The molecule has 0 amide bonds. The molecule has 0 atom stereocenters. The van der Waals surface area contributed by atoms with Crippen molar-refractivity contribution >= 4 is 10.0 Å². The third-order valence-electron chi connectivity index (χ3n) is 2.90. The summed E-state index contributed by atoms with van der Waals surface area (Å²) in [5, 5.41) is 9.51. The minimum atomic E-state index is -3.58. The number of sulfonamides is 1. The molecule has 1 heterocycles. The molecule has 2 rings (SSSR count). The maximum absolute atomic E-state index is 12.4. The van der Waals surface area contributed by atoms with Crippen LogP contribution >= 0.6 is 0 Å². The highest BCUT2D eigenvalue weighted by molar-refractivity contribution is 7.89. The Kier molecular flexibility index (Phi) is 5.43. The third kappa shape index (κ3) is 4.35. The van der Waals surface area contributed by atoms with Crippen molar-refractivity contribution in [2.75, 3.05) is 6.54 Å². The van der Waals surface area contributed by atoms with E-state index in [0.29, 0.717) is 12.4 Å². The molecule has 1 aromatic carbocycles. The summed E-state index contributed by atoms with van der Waals surface area (Å²) in [5.74, 6) is 0.472. The number of H-pyrrole nitrogens is 1. The van der Waals surface area contributed by atoms with Crippen molar-refractivity contribution in [2.45, 2.75) is 31.3 Å². The molecule has 0 spiro atoms. The Morgan fingerprint density at radius 2 is 2.05 bits per heavy atom. The van der Waals surface area contributed by atoms with E-state index in [2.05, 4.69) is 32.1 Å². The lowest BCUT2D eigenvalue weighted by atomic mass is 10.2. The summed E-state index contributed by atoms with van der Waals surface area (Å²) in [6.45, 7) is 3.51. The van der Waals surface area contributed by atoms with E-state index in [9.17, 15) is 8.42 Å². The van der Waals surface area contributed by atoms with Gasteiger partial charge in [0.05, 0.1) is 11.4 Å². The molecule has 0 unspecified atom stereocenters. The molecular formula is C13H19N5O2S. The monoisotopic (exact) mass is 309 g/mol. The lowest BCUT2D eigenvalue weighted by Gasteiger charge is -2.11. The zero-order chi connectivity index (χ0) is 15.1. The fourth-order valence-electron chi connectivity index (χ4n) is 1.87. The van der Waals surface area contributed by atoms with Gasteiger partial charge in [-0.2, -0.15) is 5.10 Å². The van der Waals surface area contributed by atoms with E-state index in [1.807, 2.05) is 12.1 Å². The summed E-state index contributed by atoms with van der Waals surface area (Å²) >= 11 is 0. The van der Waals surface area contributed by atoms with Crippen LogP contribution in [0.2, 0.25) is 0 Å². The molecule has 0 aliphatic rings. The van der Waals surface area contributed by atoms with E-state index >= 15 is 0 Å². The smallest absolute Gasteiger partial charge is 0.241 e. The van der Waals surface area contributed by atoms with Gasteiger partial charge in [-0.25, -0.2) is 18.1 Å². The normalized spacial score (nSPS) is 11.7. The van der Waals surface area contributed by atoms with Gasteiger partial charge < -0.3 is 5.32 Å². The zero-order valence-corrected chi connectivity index (χ0v) is 12.7. The number of hydrogen-bond donors (Lipinski definition) is 3. The maximum Gasteiger partial charge on any atom is 0.241 e. The van der Waals surface area contributed by atoms with Gasteiger partial charge in [0.2, 0.25) is 10.0 Å². The van der Waals surface area contributed by atoms with Crippen LogP contribution in [0.25, 0.3) is 0 Å². The molecule has 114 valence electrons. The largest absolute Gasteiger partial charge is 0.313 e. The van der Waals surface area contributed by atoms with Crippen LogP contribution < -0.4 is 10.0 Å². The predicted octanol–water partition coefficient (Wildman–Crippen LogP) is 0.783. The van der Waals surface area contributed by atoms with Gasteiger partial charge in [0.25, 0.3) is 0 Å². The van der Waals surface area contributed by atoms with Gasteiger partial charge in [0.15, 0.2) is 0 Å². The summed E-state index contributed by atoms with van der Waals surface area (Å²) in [4.78, 5) is 4.18. The van der Waals surface area contributed by atoms with Crippen molar-refractivity contribution in [1.29, 1.82) is 0 Å². The molecule has 0 aliphatic carbocycles. The molecule has 0 saturated heterocycles. The molecule has 8 heteroatoms. The van der Waals surface area contributed by atoms with E-state index < -0.39 is 10.0 Å². The Morgan fingerprint density at radius 3 is 2.76 bits per heavy atom. The second-order valence-electron chi connectivity index (χ2n) is 4.54. The lowest BCUT2D eigenvalue weighted by molar-refractivity contribution is 0.576. The summed E-state index contributed by atoms with van der Waals surface area (Å²) in [5.41, 5.74) is 0.746. The zero-order valence-electron chi connectivity index (χ0n) is 11.8. The van der Waals surface area contributed by atoms with Crippen molar-refractivity contribution in [3.63, 3.8) is 0 Å². The van der Waals surface area contributed by atoms with Crippen LogP contribution in [-0.2, 0) is 23.1 Å². The van der Waals surface area contributed by atoms with Crippen molar-refractivity contribution in [1.82, 2.24) is 25.2 Å². The highest BCUT2D eigenvalue weighted by Gasteiger charge is 2.17. The molecule has 2 aromatic rings. The summed E-state index contributed by atoms with van der Waals surface area (Å²) in [6.07, 6.45) is 2.34. The molecular weight excluding hydrogens is 290 g/mol. The number of aromatic nitrogens is 3. The topological polar surface area (TPSA) is 99.8 Å². The number of aromatic amines is 1. The average molecular weight is 309 g/mol. The van der Waals surface area contributed by atoms with Crippen LogP contribution in [-0.4, -0.2) is 30.1 Å². The summed E-state index contributed by atoms with van der Waals surface area (Å²) < 4.78 is 27.3. The van der Waals surface area contributed by atoms with Crippen molar-refractivity contribution < 1.29 is 8.42 Å². The maximum atomic E-state index is 12.4. The van der Waals surface area contributed by atoms with E-state index in [4.69, 9.17) is 0 Å². The number of nitrogens with zero attached hydrogens (tertiary/aromatic N) is 2. The first-order valence-electron chi connectivity index (χ1n) is 6.76. The Labute approximate surface area is 124 Å². The Bertz CT molecular complexity index is 655. The minimum Gasteiger partial charge on any atom is -0.313 e. The van der Waals surface area contributed by atoms with E-state index in [0.717, 1.165) is 18.5 Å². The van der Waals surface area contributed by atoms with Crippen LogP contribution in [0.15, 0.2) is 35.5 Å². The first kappa shape index (κ1) is 15.6. The Balaban J connectivity index is 2.11. The minimum absolute atomic E-state index is 0.0824. The van der Waals surface area contributed by atoms with Crippen molar-refractivity contribution in [3.8, 4) is 0 Å². The molecule has 1 aromatic heterocycles.